The summed E-state index contributed by atoms with van der Waals surface area (Å²) in [4.78, 5) is 26.6. The minimum Gasteiger partial charge on any atom is -0.467 e. The van der Waals surface area contributed by atoms with E-state index < -0.39 is 11.6 Å². The van der Waals surface area contributed by atoms with Crippen molar-refractivity contribution >= 4 is 17.5 Å². The fourth-order valence-electron chi connectivity index (χ4n) is 5.43. The molecule has 0 spiro atoms. The van der Waals surface area contributed by atoms with Crippen molar-refractivity contribution in [2.24, 2.45) is 11.8 Å². The summed E-state index contributed by atoms with van der Waals surface area (Å²) in [5.41, 5.74) is 3.13. The lowest BCUT2D eigenvalue weighted by molar-refractivity contribution is -0.160. The molecule has 150 valence electrons. The largest absolute Gasteiger partial charge is 0.467 e. The third kappa shape index (κ3) is 2.83. The highest BCUT2D eigenvalue weighted by atomic mass is 16.5. The van der Waals surface area contributed by atoms with E-state index in [1.807, 2.05) is 56.3 Å². The number of rotatable bonds is 2. The molecule has 3 aliphatic rings. The minimum absolute atomic E-state index is 0.109. The Bertz CT molecular complexity index is 1000. The molecule has 5 heteroatoms. The fraction of sp³-hybridized carbons (Fsp3) is 0.417. The summed E-state index contributed by atoms with van der Waals surface area (Å²) >= 11 is 0. The molecule has 2 bridgehead atoms. The molecule has 2 aliphatic heterocycles. The van der Waals surface area contributed by atoms with Crippen LogP contribution in [0.5, 0.6) is 5.75 Å². The van der Waals surface area contributed by atoms with Gasteiger partial charge in [-0.05, 0) is 55.5 Å². The molecular formula is C24H26N2O3. The molecule has 2 aromatic carbocycles. The van der Waals surface area contributed by atoms with Crippen molar-refractivity contribution in [2.75, 3.05) is 5.32 Å². The van der Waals surface area contributed by atoms with Crippen LogP contribution < -0.4 is 15.4 Å². The van der Waals surface area contributed by atoms with Crippen LogP contribution in [0.25, 0.3) is 0 Å². The second-order valence-electron chi connectivity index (χ2n) is 8.68. The van der Waals surface area contributed by atoms with E-state index in [1.165, 1.54) is 0 Å². The van der Waals surface area contributed by atoms with Crippen LogP contribution >= 0.6 is 0 Å². The number of para-hydroxylation sites is 1. The number of carbonyl (C=O) groups excluding carboxylic acids is 2. The maximum atomic E-state index is 13.4. The number of aryl methyl sites for hydroxylation is 2. The molecule has 5 rings (SSSR count). The lowest BCUT2D eigenvalue weighted by Gasteiger charge is -2.56. The van der Waals surface area contributed by atoms with E-state index in [4.69, 9.17) is 4.74 Å². The average molecular weight is 390 g/mol. The Balaban J connectivity index is 1.56. The molecule has 4 atom stereocenters. The number of hydrogen-bond acceptors (Lipinski definition) is 3. The highest BCUT2D eigenvalue weighted by Gasteiger charge is 2.60. The van der Waals surface area contributed by atoms with Crippen molar-refractivity contribution in [3.8, 4) is 5.75 Å². The van der Waals surface area contributed by atoms with E-state index in [0.29, 0.717) is 0 Å². The number of amides is 2. The number of hydrogen-bond donors (Lipinski definition) is 2. The average Bonchev–Trinajstić information content (AvgIpc) is 2.69. The van der Waals surface area contributed by atoms with Crippen molar-refractivity contribution in [1.29, 1.82) is 0 Å². The van der Waals surface area contributed by atoms with E-state index in [1.54, 1.807) is 0 Å². The molecule has 1 aliphatic carbocycles. The molecule has 2 aromatic rings. The molecule has 1 saturated carbocycles. The Morgan fingerprint density at radius 3 is 2.86 bits per heavy atom. The van der Waals surface area contributed by atoms with Crippen LogP contribution in [0.2, 0.25) is 0 Å². The Morgan fingerprint density at radius 1 is 1.17 bits per heavy atom. The van der Waals surface area contributed by atoms with Gasteiger partial charge in [-0.3, -0.25) is 9.59 Å². The minimum atomic E-state index is -0.767. The predicted octanol–water partition coefficient (Wildman–Crippen LogP) is 4.05. The van der Waals surface area contributed by atoms with Gasteiger partial charge in [0, 0.05) is 23.9 Å². The van der Waals surface area contributed by atoms with Crippen molar-refractivity contribution < 1.29 is 14.3 Å². The molecule has 2 amide bonds. The third-order valence-corrected chi connectivity index (χ3v) is 6.83. The summed E-state index contributed by atoms with van der Waals surface area (Å²) in [7, 11) is 0. The van der Waals surface area contributed by atoms with Gasteiger partial charge >= 0.3 is 0 Å². The molecule has 0 radical (unpaired) electrons. The second-order valence-corrected chi connectivity index (χ2v) is 8.68. The van der Waals surface area contributed by atoms with Crippen LogP contribution in [0.1, 0.15) is 48.3 Å². The van der Waals surface area contributed by atoms with Crippen molar-refractivity contribution in [3.63, 3.8) is 0 Å². The number of piperidine rings is 1. The van der Waals surface area contributed by atoms with Crippen LogP contribution in [-0.2, 0) is 9.59 Å². The van der Waals surface area contributed by atoms with Crippen LogP contribution in [0.3, 0.4) is 0 Å². The first-order chi connectivity index (χ1) is 14.0. The van der Waals surface area contributed by atoms with E-state index in [0.717, 1.165) is 53.8 Å². The summed E-state index contributed by atoms with van der Waals surface area (Å²) < 4.78 is 6.38. The molecular weight excluding hydrogens is 364 g/mol. The second kappa shape index (κ2) is 6.61. The topological polar surface area (TPSA) is 67.4 Å². The fourth-order valence-corrected chi connectivity index (χ4v) is 5.43. The van der Waals surface area contributed by atoms with Gasteiger partial charge in [0.25, 0.3) is 0 Å². The zero-order valence-electron chi connectivity index (χ0n) is 16.8. The van der Waals surface area contributed by atoms with Crippen molar-refractivity contribution in [3.05, 3.63) is 59.2 Å². The van der Waals surface area contributed by atoms with Gasteiger partial charge in [-0.1, -0.05) is 36.8 Å². The quantitative estimate of drug-likeness (QED) is 0.760. The summed E-state index contributed by atoms with van der Waals surface area (Å²) in [5.74, 6) is -0.503. The van der Waals surface area contributed by atoms with Gasteiger partial charge in [-0.15, -0.1) is 0 Å². The van der Waals surface area contributed by atoms with Gasteiger partial charge < -0.3 is 15.4 Å². The van der Waals surface area contributed by atoms with E-state index in [2.05, 4.69) is 10.6 Å². The highest BCUT2D eigenvalue weighted by Crippen LogP contribution is 2.55. The zero-order valence-corrected chi connectivity index (χ0v) is 16.8. The third-order valence-electron chi connectivity index (χ3n) is 6.83. The van der Waals surface area contributed by atoms with E-state index in [9.17, 15) is 9.59 Å². The number of anilines is 1. The van der Waals surface area contributed by atoms with Crippen LogP contribution in [0, 0.1) is 25.7 Å². The molecule has 1 saturated heterocycles. The summed E-state index contributed by atoms with van der Waals surface area (Å²) in [6.07, 6.45) is 3.85. The zero-order chi connectivity index (χ0) is 20.2. The van der Waals surface area contributed by atoms with Gasteiger partial charge in [0.15, 0.2) is 5.72 Å². The monoisotopic (exact) mass is 390 g/mol. The molecule has 2 heterocycles. The summed E-state index contributed by atoms with van der Waals surface area (Å²) in [5, 5.41) is 6.16. The summed E-state index contributed by atoms with van der Waals surface area (Å²) in [6, 6.07) is 13.8. The Morgan fingerprint density at radius 2 is 2.00 bits per heavy atom. The van der Waals surface area contributed by atoms with Gasteiger partial charge in [-0.25, -0.2) is 0 Å². The number of ether oxygens (including phenoxy) is 1. The molecule has 0 aromatic heterocycles. The first-order valence-electron chi connectivity index (χ1n) is 10.5. The Kier molecular flexibility index (Phi) is 4.16. The first-order valence-corrected chi connectivity index (χ1v) is 10.5. The number of carbonyl (C=O) groups is 2. The molecule has 29 heavy (non-hydrogen) atoms. The summed E-state index contributed by atoms with van der Waals surface area (Å²) in [6.45, 7) is 3.96. The maximum absolute atomic E-state index is 13.4. The molecule has 0 unspecified atom stereocenters. The van der Waals surface area contributed by atoms with E-state index >= 15 is 0 Å². The Labute approximate surface area is 170 Å². The lowest BCUT2D eigenvalue weighted by Crippen LogP contribution is -2.69. The maximum Gasteiger partial charge on any atom is 0.237 e. The smallest absolute Gasteiger partial charge is 0.237 e. The van der Waals surface area contributed by atoms with Crippen LogP contribution in [0.15, 0.2) is 42.5 Å². The first kappa shape index (κ1) is 18.2. The number of benzene rings is 2. The van der Waals surface area contributed by atoms with Crippen molar-refractivity contribution in [2.45, 2.75) is 51.2 Å². The normalized spacial score (nSPS) is 29.7. The van der Waals surface area contributed by atoms with Crippen LogP contribution in [-0.4, -0.2) is 17.5 Å². The van der Waals surface area contributed by atoms with Gasteiger partial charge in [0.1, 0.15) is 11.7 Å². The molecule has 2 fully saturated rings. The number of nitrogens with one attached hydrogen (secondary N) is 2. The Hall–Kier alpha value is -2.82. The van der Waals surface area contributed by atoms with Gasteiger partial charge in [0.05, 0.1) is 0 Å². The number of fused-ring (bicyclic) bond motifs is 2. The van der Waals surface area contributed by atoms with Crippen molar-refractivity contribution in [1.82, 2.24) is 5.32 Å². The SMILES string of the molecule is Cc1ccc(C)c(NC(=O)[C@H]2C(=O)N[C@@]34CCCC[C@@H]3[C@@H]2c2ccccc2O4)c1. The van der Waals surface area contributed by atoms with E-state index in [-0.39, 0.29) is 23.7 Å². The highest BCUT2D eigenvalue weighted by molar-refractivity contribution is 6.08. The standard InChI is InChI=1S/C24H26N2O3/c1-14-10-11-15(2)18(13-14)25-22(27)21-20-16-7-3-4-9-19(16)29-24(26-23(21)28)12-6-5-8-17(20)24/h3-4,7,9-11,13,17,20-21H,5-6,8,12H2,1-2H3,(H,25,27)(H,26,28)/t17-,20+,21+,24-/m1/s1. The predicted molar refractivity (Wildman–Crippen MR) is 111 cm³/mol. The molecule has 2 N–H and O–H groups in total. The van der Waals surface area contributed by atoms with Gasteiger partial charge in [-0.2, -0.15) is 0 Å². The molecule has 5 nitrogen and oxygen atoms in total. The van der Waals surface area contributed by atoms with Gasteiger partial charge in [0.2, 0.25) is 11.8 Å². The lowest BCUT2D eigenvalue weighted by atomic mass is 9.62. The van der Waals surface area contributed by atoms with Crippen LogP contribution in [0.4, 0.5) is 5.69 Å².